The molecule has 1 unspecified atom stereocenters. The molecule has 0 aliphatic carbocycles. The van der Waals surface area contributed by atoms with Crippen LogP contribution in [0.15, 0.2) is 46.1 Å². The van der Waals surface area contributed by atoms with Crippen molar-refractivity contribution >= 4 is 21.9 Å². The zero-order valence-corrected chi connectivity index (χ0v) is 17.5. The predicted octanol–water partition coefficient (Wildman–Crippen LogP) is 3.43. The van der Waals surface area contributed by atoms with Crippen LogP contribution in [-0.2, 0) is 13.1 Å². The fourth-order valence-corrected chi connectivity index (χ4v) is 2.87. The Labute approximate surface area is 164 Å². The van der Waals surface area contributed by atoms with E-state index in [2.05, 4.69) is 55.0 Å². The Kier molecular flexibility index (Phi) is 7.97. The number of aliphatic imine (C=N–C) groups is 1. The molecule has 0 spiro atoms. The van der Waals surface area contributed by atoms with Crippen molar-refractivity contribution in [3.8, 4) is 5.75 Å². The van der Waals surface area contributed by atoms with E-state index in [1.54, 1.807) is 7.05 Å². The van der Waals surface area contributed by atoms with Gasteiger partial charge in [0.25, 0.3) is 0 Å². The van der Waals surface area contributed by atoms with Crippen LogP contribution in [0.4, 0.5) is 0 Å². The molecule has 1 heterocycles. The second kappa shape index (κ2) is 10.2. The molecule has 2 rings (SSSR count). The van der Waals surface area contributed by atoms with E-state index in [0.29, 0.717) is 19.0 Å². The van der Waals surface area contributed by atoms with Gasteiger partial charge >= 0.3 is 0 Å². The maximum atomic E-state index is 5.94. The standard InChI is InChI=1S/C19H28BrN5O/c1-14(2)13-25-10-9-22-18(25)12-24-19(21-4)23-11-15(3)26-17-8-6-5-7-16(17)20/h5-10,14-15H,11-13H2,1-4H3,(H2,21,23,24). The minimum Gasteiger partial charge on any atom is -0.488 e. The largest absolute Gasteiger partial charge is 0.488 e. The van der Waals surface area contributed by atoms with E-state index in [1.807, 2.05) is 43.6 Å². The minimum atomic E-state index is -0.00447. The molecule has 2 aromatic rings. The average molecular weight is 422 g/mol. The van der Waals surface area contributed by atoms with Crippen LogP contribution >= 0.6 is 15.9 Å². The molecule has 2 N–H and O–H groups in total. The molecule has 0 aliphatic heterocycles. The van der Waals surface area contributed by atoms with Gasteiger partial charge in [-0.25, -0.2) is 4.98 Å². The fraction of sp³-hybridized carbons (Fsp3) is 0.474. The van der Waals surface area contributed by atoms with Crippen molar-refractivity contribution in [2.45, 2.75) is 40.0 Å². The molecule has 26 heavy (non-hydrogen) atoms. The summed E-state index contributed by atoms with van der Waals surface area (Å²) in [6.45, 7) is 8.64. The van der Waals surface area contributed by atoms with E-state index in [9.17, 15) is 0 Å². The van der Waals surface area contributed by atoms with Gasteiger partial charge in [0, 0.05) is 26.0 Å². The van der Waals surface area contributed by atoms with Gasteiger partial charge in [0.2, 0.25) is 0 Å². The molecule has 0 saturated carbocycles. The first-order valence-corrected chi connectivity index (χ1v) is 9.64. The minimum absolute atomic E-state index is 0.00447. The molecule has 1 aromatic carbocycles. The van der Waals surface area contributed by atoms with E-state index >= 15 is 0 Å². The molecule has 0 radical (unpaired) electrons. The summed E-state index contributed by atoms with van der Waals surface area (Å²) >= 11 is 3.50. The number of rotatable bonds is 8. The van der Waals surface area contributed by atoms with E-state index in [0.717, 1.165) is 28.6 Å². The summed E-state index contributed by atoms with van der Waals surface area (Å²) in [6, 6.07) is 7.84. The van der Waals surface area contributed by atoms with Crippen LogP contribution in [0, 0.1) is 5.92 Å². The summed E-state index contributed by atoms with van der Waals surface area (Å²) in [5.41, 5.74) is 0. The van der Waals surface area contributed by atoms with Gasteiger partial charge in [-0.15, -0.1) is 0 Å². The number of benzene rings is 1. The number of imidazole rings is 1. The quantitative estimate of drug-likeness (QED) is 0.506. The van der Waals surface area contributed by atoms with Crippen LogP contribution in [-0.4, -0.2) is 35.2 Å². The number of guanidine groups is 1. The molecule has 1 atom stereocenters. The van der Waals surface area contributed by atoms with Gasteiger partial charge < -0.3 is 19.9 Å². The SMILES string of the molecule is CN=C(NCc1nccn1CC(C)C)NCC(C)Oc1ccccc1Br. The Morgan fingerprint density at radius 1 is 1.27 bits per heavy atom. The van der Waals surface area contributed by atoms with Gasteiger partial charge in [-0.3, -0.25) is 4.99 Å². The lowest BCUT2D eigenvalue weighted by Gasteiger charge is -2.18. The van der Waals surface area contributed by atoms with E-state index in [4.69, 9.17) is 4.74 Å². The van der Waals surface area contributed by atoms with Crippen molar-refractivity contribution in [1.29, 1.82) is 0 Å². The number of hydrogen-bond donors (Lipinski definition) is 2. The average Bonchev–Trinajstić information content (AvgIpc) is 3.03. The van der Waals surface area contributed by atoms with E-state index in [1.165, 1.54) is 0 Å². The molecule has 1 aromatic heterocycles. The Balaban J connectivity index is 1.81. The van der Waals surface area contributed by atoms with Crippen molar-refractivity contribution in [1.82, 2.24) is 20.2 Å². The molecule has 6 nitrogen and oxygen atoms in total. The summed E-state index contributed by atoms with van der Waals surface area (Å²) in [7, 11) is 1.76. The second-order valence-electron chi connectivity index (χ2n) is 6.56. The lowest BCUT2D eigenvalue weighted by atomic mass is 10.2. The number of nitrogens with one attached hydrogen (secondary N) is 2. The Morgan fingerprint density at radius 2 is 2.04 bits per heavy atom. The number of aromatic nitrogens is 2. The highest BCUT2D eigenvalue weighted by Gasteiger charge is 2.09. The van der Waals surface area contributed by atoms with Crippen LogP contribution in [0.5, 0.6) is 5.75 Å². The van der Waals surface area contributed by atoms with Crippen molar-refractivity contribution in [2.24, 2.45) is 10.9 Å². The first-order valence-electron chi connectivity index (χ1n) is 8.85. The third-order valence-electron chi connectivity index (χ3n) is 3.72. The smallest absolute Gasteiger partial charge is 0.191 e. The molecule has 0 bridgehead atoms. The monoisotopic (exact) mass is 421 g/mol. The number of hydrogen-bond acceptors (Lipinski definition) is 3. The number of ether oxygens (including phenoxy) is 1. The zero-order chi connectivity index (χ0) is 18.9. The Hall–Kier alpha value is -2.02. The van der Waals surface area contributed by atoms with Crippen LogP contribution in [0.25, 0.3) is 0 Å². The molecule has 0 amide bonds. The lowest BCUT2D eigenvalue weighted by molar-refractivity contribution is 0.222. The zero-order valence-electron chi connectivity index (χ0n) is 15.9. The lowest BCUT2D eigenvalue weighted by Crippen LogP contribution is -2.41. The fourth-order valence-electron chi connectivity index (χ4n) is 2.49. The third kappa shape index (κ3) is 6.37. The molecule has 0 aliphatic rings. The van der Waals surface area contributed by atoms with Gasteiger partial charge in [0.15, 0.2) is 5.96 Å². The van der Waals surface area contributed by atoms with Crippen LogP contribution in [0.1, 0.15) is 26.6 Å². The normalized spacial score (nSPS) is 12.9. The maximum Gasteiger partial charge on any atom is 0.191 e. The van der Waals surface area contributed by atoms with Crippen LogP contribution < -0.4 is 15.4 Å². The molecular formula is C19H28BrN5O. The summed E-state index contributed by atoms with van der Waals surface area (Å²) in [5, 5.41) is 6.60. The molecule has 0 saturated heterocycles. The van der Waals surface area contributed by atoms with Gasteiger partial charge in [0.05, 0.1) is 17.6 Å². The highest BCUT2D eigenvalue weighted by Crippen LogP contribution is 2.24. The highest BCUT2D eigenvalue weighted by molar-refractivity contribution is 9.10. The topological polar surface area (TPSA) is 63.5 Å². The van der Waals surface area contributed by atoms with Crippen molar-refractivity contribution in [3.63, 3.8) is 0 Å². The number of nitrogens with zero attached hydrogens (tertiary/aromatic N) is 3. The first kappa shape index (κ1) is 20.3. The Bertz CT molecular complexity index is 713. The third-order valence-corrected chi connectivity index (χ3v) is 4.38. The van der Waals surface area contributed by atoms with Gasteiger partial charge in [0.1, 0.15) is 17.7 Å². The Morgan fingerprint density at radius 3 is 2.73 bits per heavy atom. The highest BCUT2D eigenvalue weighted by atomic mass is 79.9. The first-order chi connectivity index (χ1) is 12.5. The maximum absolute atomic E-state index is 5.94. The van der Waals surface area contributed by atoms with Crippen LogP contribution in [0.2, 0.25) is 0 Å². The molecular weight excluding hydrogens is 394 g/mol. The van der Waals surface area contributed by atoms with E-state index in [-0.39, 0.29) is 6.10 Å². The van der Waals surface area contributed by atoms with Crippen molar-refractivity contribution in [2.75, 3.05) is 13.6 Å². The number of para-hydroxylation sites is 1. The predicted molar refractivity (Wildman–Crippen MR) is 109 cm³/mol. The molecule has 142 valence electrons. The second-order valence-corrected chi connectivity index (χ2v) is 7.41. The summed E-state index contributed by atoms with van der Waals surface area (Å²) in [4.78, 5) is 8.69. The van der Waals surface area contributed by atoms with Gasteiger partial charge in [-0.05, 0) is 40.9 Å². The molecule has 0 fully saturated rings. The van der Waals surface area contributed by atoms with Crippen LogP contribution in [0.3, 0.4) is 0 Å². The van der Waals surface area contributed by atoms with Crippen molar-refractivity contribution < 1.29 is 4.74 Å². The van der Waals surface area contributed by atoms with Crippen molar-refractivity contribution in [3.05, 3.63) is 47.0 Å². The summed E-state index contributed by atoms with van der Waals surface area (Å²) in [6.07, 6.45) is 3.85. The van der Waals surface area contributed by atoms with E-state index < -0.39 is 0 Å². The summed E-state index contributed by atoms with van der Waals surface area (Å²) in [5.74, 6) is 3.14. The number of halogens is 1. The van der Waals surface area contributed by atoms with Gasteiger partial charge in [-0.1, -0.05) is 26.0 Å². The van der Waals surface area contributed by atoms with Gasteiger partial charge in [-0.2, -0.15) is 0 Å². The summed E-state index contributed by atoms with van der Waals surface area (Å²) < 4.78 is 9.07. The molecule has 7 heteroatoms.